The molecule has 0 spiro atoms. The van der Waals surface area contributed by atoms with Gasteiger partial charge in [-0.3, -0.25) is 19.3 Å². The van der Waals surface area contributed by atoms with Crippen LogP contribution in [0.1, 0.15) is 68.3 Å². The van der Waals surface area contributed by atoms with E-state index in [0.29, 0.717) is 49.8 Å². The first-order valence-electron chi connectivity index (χ1n) is 16.2. The van der Waals surface area contributed by atoms with Gasteiger partial charge >= 0.3 is 5.97 Å². The first kappa shape index (κ1) is 32.9. The molecule has 0 radical (unpaired) electrons. The number of hydrogen-bond acceptors (Lipinski definition) is 6. The van der Waals surface area contributed by atoms with Crippen LogP contribution in [0, 0.1) is 17.2 Å². The van der Waals surface area contributed by atoms with E-state index in [1.54, 1.807) is 5.38 Å². The molecule has 46 heavy (non-hydrogen) atoms. The Kier molecular flexibility index (Phi) is 9.71. The third kappa shape index (κ3) is 6.95. The van der Waals surface area contributed by atoms with Gasteiger partial charge in [-0.2, -0.15) is 0 Å². The number of carbonyl (C=O) groups is 3. The van der Waals surface area contributed by atoms with Crippen LogP contribution < -0.4 is 5.32 Å². The van der Waals surface area contributed by atoms with Crippen LogP contribution >= 0.6 is 22.9 Å². The first-order valence-corrected chi connectivity index (χ1v) is 17.4. The maximum absolute atomic E-state index is 15.4. The summed E-state index contributed by atoms with van der Waals surface area (Å²) < 4.78 is 22.7. The average molecular weight is 670 g/mol. The smallest absolute Gasteiger partial charge is 0.306 e. The number of halogens is 2. The van der Waals surface area contributed by atoms with Crippen LogP contribution in [-0.2, 0) is 20.7 Å². The van der Waals surface area contributed by atoms with Gasteiger partial charge in [0.25, 0.3) is 5.91 Å². The Hall–Kier alpha value is -3.05. The van der Waals surface area contributed by atoms with E-state index in [-0.39, 0.29) is 58.6 Å². The highest BCUT2D eigenvalue weighted by Crippen LogP contribution is 2.38. The van der Waals surface area contributed by atoms with E-state index in [4.69, 9.17) is 16.3 Å². The summed E-state index contributed by atoms with van der Waals surface area (Å²) in [5.41, 5.74) is 1.11. The summed E-state index contributed by atoms with van der Waals surface area (Å²) in [7, 11) is 0. The predicted octanol–water partition coefficient (Wildman–Crippen LogP) is 6.85. The molecular formula is C35H41ClFN3O5S. The number of thiophene rings is 1. The lowest BCUT2D eigenvalue weighted by atomic mass is 9.78. The molecule has 3 heterocycles. The molecule has 2 aromatic carbocycles. The number of ether oxygens (including phenoxy) is 1. The number of benzene rings is 2. The Bertz CT molecular complexity index is 1620. The topological polar surface area (TPSA) is 99.2 Å². The van der Waals surface area contributed by atoms with E-state index in [1.807, 2.05) is 29.2 Å². The molecule has 3 aromatic rings. The number of likely N-dealkylation sites (tertiary alicyclic amines) is 2. The molecule has 1 aliphatic carbocycles. The molecule has 1 saturated carbocycles. The summed E-state index contributed by atoms with van der Waals surface area (Å²) >= 11 is 7.99. The molecular weight excluding hydrogens is 629 g/mol. The molecule has 0 bridgehead atoms. The molecule has 11 heteroatoms. The van der Waals surface area contributed by atoms with Gasteiger partial charge in [-0.25, -0.2) is 4.39 Å². The summed E-state index contributed by atoms with van der Waals surface area (Å²) in [6.45, 7) is 7.39. The number of aliphatic carboxylic acids is 1. The van der Waals surface area contributed by atoms with Crippen molar-refractivity contribution in [3.8, 4) is 0 Å². The number of nitrogens with one attached hydrogen (secondary N) is 1. The third-order valence-electron chi connectivity index (χ3n) is 10.3. The van der Waals surface area contributed by atoms with Crippen LogP contribution in [0.4, 0.5) is 10.1 Å². The maximum Gasteiger partial charge on any atom is 0.306 e. The second-order valence-electron chi connectivity index (χ2n) is 13.5. The maximum atomic E-state index is 15.4. The largest absolute Gasteiger partial charge is 0.481 e. The summed E-state index contributed by atoms with van der Waals surface area (Å²) in [6, 6.07) is 10.2. The zero-order chi connectivity index (χ0) is 32.6. The number of carboxylic acid groups (broad SMARTS) is 1. The van der Waals surface area contributed by atoms with Gasteiger partial charge in [-0.15, -0.1) is 11.3 Å². The minimum atomic E-state index is -0.749. The molecule has 1 aromatic heterocycles. The average Bonchev–Trinajstić information content (AvgIpc) is 3.66. The molecule has 3 fully saturated rings. The molecule has 3 aliphatic rings. The number of carbonyl (C=O) groups excluding carboxylic acids is 2. The van der Waals surface area contributed by atoms with Gasteiger partial charge < -0.3 is 20.1 Å². The van der Waals surface area contributed by atoms with E-state index in [2.05, 4.69) is 24.1 Å². The van der Waals surface area contributed by atoms with Crippen LogP contribution in [0.25, 0.3) is 10.1 Å². The minimum Gasteiger partial charge on any atom is -0.481 e. The fraction of sp³-hybridized carbons (Fsp3) is 0.514. The SMILES string of the molecule is CCC1(C)CN([C@H]2C[C@@H](COC3CCC(C(=O)O)CC3)N(C(=O)Cc3cc(Cl)c(NC(=O)c4csc5ccccc45)cc3F)C2)C1. The van der Waals surface area contributed by atoms with Crippen molar-refractivity contribution in [3.63, 3.8) is 0 Å². The van der Waals surface area contributed by atoms with Crippen LogP contribution in [0.3, 0.4) is 0 Å². The lowest BCUT2D eigenvalue weighted by Crippen LogP contribution is -2.58. The minimum absolute atomic E-state index is 0.0231. The van der Waals surface area contributed by atoms with Crippen molar-refractivity contribution in [2.24, 2.45) is 11.3 Å². The van der Waals surface area contributed by atoms with Crippen LogP contribution in [0.5, 0.6) is 0 Å². The zero-order valence-electron chi connectivity index (χ0n) is 26.3. The zero-order valence-corrected chi connectivity index (χ0v) is 27.8. The summed E-state index contributed by atoms with van der Waals surface area (Å²) in [6.07, 6.45) is 4.28. The molecule has 2 atom stereocenters. The Labute approximate surface area is 277 Å². The second-order valence-corrected chi connectivity index (χ2v) is 14.8. The predicted molar refractivity (Wildman–Crippen MR) is 178 cm³/mol. The fourth-order valence-electron chi connectivity index (χ4n) is 7.19. The Morgan fingerprint density at radius 2 is 1.89 bits per heavy atom. The van der Waals surface area contributed by atoms with Crippen molar-refractivity contribution in [1.82, 2.24) is 9.80 Å². The summed E-state index contributed by atoms with van der Waals surface area (Å²) in [5, 5.41) is 14.8. The molecule has 2 aliphatic heterocycles. The van der Waals surface area contributed by atoms with E-state index in [9.17, 15) is 19.5 Å². The highest BCUT2D eigenvalue weighted by molar-refractivity contribution is 7.17. The number of carboxylic acids is 1. The van der Waals surface area contributed by atoms with Crippen molar-refractivity contribution in [1.29, 1.82) is 0 Å². The Balaban J connectivity index is 1.12. The van der Waals surface area contributed by atoms with Gasteiger partial charge in [-0.1, -0.05) is 43.6 Å². The van der Waals surface area contributed by atoms with Crippen molar-refractivity contribution >= 4 is 56.5 Å². The van der Waals surface area contributed by atoms with E-state index in [1.165, 1.54) is 23.5 Å². The highest BCUT2D eigenvalue weighted by atomic mass is 35.5. The third-order valence-corrected chi connectivity index (χ3v) is 11.5. The van der Waals surface area contributed by atoms with Crippen molar-refractivity contribution in [3.05, 3.63) is 63.7 Å². The number of fused-ring (bicyclic) bond motifs is 1. The van der Waals surface area contributed by atoms with Gasteiger partial charge in [0.2, 0.25) is 5.91 Å². The normalized spacial score (nSPS) is 24.6. The van der Waals surface area contributed by atoms with Gasteiger partial charge in [0.1, 0.15) is 5.82 Å². The monoisotopic (exact) mass is 669 g/mol. The molecule has 2 amide bonds. The summed E-state index contributed by atoms with van der Waals surface area (Å²) in [5.74, 6) is -2.24. The number of rotatable bonds is 10. The Morgan fingerprint density at radius 3 is 2.61 bits per heavy atom. The highest BCUT2D eigenvalue weighted by Gasteiger charge is 2.46. The molecule has 0 unspecified atom stereocenters. The number of anilines is 1. The lowest BCUT2D eigenvalue weighted by molar-refractivity contribution is -0.144. The van der Waals surface area contributed by atoms with E-state index >= 15 is 4.39 Å². The fourth-order valence-corrected chi connectivity index (χ4v) is 8.36. The lowest BCUT2D eigenvalue weighted by Gasteiger charge is -2.50. The quantitative estimate of drug-likeness (QED) is 0.245. The molecule has 2 N–H and O–H groups in total. The van der Waals surface area contributed by atoms with Gasteiger partial charge in [0, 0.05) is 41.1 Å². The standard InChI is InChI=1S/C35H41ClFN3O5S/c1-3-35(2)19-39(20-35)23-14-24(17-45-25-10-8-21(9-11-25)34(43)44)40(16-23)32(41)13-22-12-28(36)30(15-29(22)37)38-33(42)27-18-46-31-7-5-4-6-26(27)31/h4-7,12,15,18,21,23-25H,3,8-11,13-14,16-17,19-20H2,1-2H3,(H,38,42)(H,43,44)/t21?,23-,24-,25?/m0/s1. The van der Waals surface area contributed by atoms with Crippen molar-refractivity contribution < 1.29 is 28.6 Å². The Morgan fingerprint density at radius 1 is 1.15 bits per heavy atom. The molecule has 8 nitrogen and oxygen atoms in total. The number of amides is 2. The van der Waals surface area contributed by atoms with Crippen LogP contribution in [0.2, 0.25) is 5.02 Å². The second kappa shape index (κ2) is 13.6. The van der Waals surface area contributed by atoms with Gasteiger partial charge in [-0.05, 0) is 67.7 Å². The van der Waals surface area contributed by atoms with E-state index in [0.717, 1.165) is 36.0 Å². The number of nitrogens with zero attached hydrogens (tertiary/aromatic N) is 2. The van der Waals surface area contributed by atoms with Crippen molar-refractivity contribution in [2.75, 3.05) is 31.6 Å². The molecule has 246 valence electrons. The molecule has 6 rings (SSSR count). The summed E-state index contributed by atoms with van der Waals surface area (Å²) in [4.78, 5) is 42.4. The van der Waals surface area contributed by atoms with Crippen LogP contribution in [0.15, 0.2) is 41.8 Å². The first-order chi connectivity index (χ1) is 22.0. The number of hydrogen-bond donors (Lipinski definition) is 2. The van der Waals surface area contributed by atoms with Crippen LogP contribution in [-0.4, -0.2) is 77.1 Å². The van der Waals surface area contributed by atoms with Gasteiger partial charge in [0.05, 0.1) is 47.4 Å². The molecule has 2 saturated heterocycles. The van der Waals surface area contributed by atoms with Gasteiger partial charge in [0.15, 0.2) is 0 Å². The van der Waals surface area contributed by atoms with Crippen molar-refractivity contribution in [2.45, 2.75) is 77.0 Å². The van der Waals surface area contributed by atoms with E-state index < -0.39 is 11.8 Å².